The molecule has 1 aromatic heterocycles. The number of hydrogen-bond donors (Lipinski definition) is 2. The number of nitrogens with zero attached hydrogens (tertiary/aromatic N) is 1. The lowest BCUT2D eigenvalue weighted by Gasteiger charge is -2.29. The molecule has 2 N–H and O–H groups in total. The molecule has 2 rings (SSSR count). The van der Waals surface area contributed by atoms with E-state index in [4.69, 9.17) is 5.11 Å². The van der Waals surface area contributed by atoms with E-state index in [2.05, 4.69) is 26.2 Å². The number of amides is 1. The molecule has 0 aromatic carbocycles. The van der Waals surface area contributed by atoms with Gasteiger partial charge in [0.2, 0.25) is 0 Å². The Hall–Kier alpha value is -1.43. The third kappa shape index (κ3) is 3.53. The highest BCUT2D eigenvalue weighted by atomic mass is 79.9. The van der Waals surface area contributed by atoms with Gasteiger partial charge in [0.05, 0.1) is 5.92 Å². The van der Waals surface area contributed by atoms with Gasteiger partial charge in [0, 0.05) is 17.8 Å². The van der Waals surface area contributed by atoms with Gasteiger partial charge in [-0.3, -0.25) is 9.59 Å². The van der Waals surface area contributed by atoms with Crippen molar-refractivity contribution in [2.75, 3.05) is 0 Å². The third-order valence-electron chi connectivity index (χ3n) is 3.39. The number of carboxylic acids is 1. The summed E-state index contributed by atoms with van der Waals surface area (Å²) in [7, 11) is 0. The van der Waals surface area contributed by atoms with Crippen LogP contribution in [0.25, 0.3) is 0 Å². The van der Waals surface area contributed by atoms with E-state index in [0.717, 1.165) is 19.3 Å². The Morgan fingerprint density at radius 3 is 2.79 bits per heavy atom. The molecule has 19 heavy (non-hydrogen) atoms. The second-order valence-corrected chi connectivity index (χ2v) is 5.49. The summed E-state index contributed by atoms with van der Waals surface area (Å²) in [6.07, 6.45) is 4.74. The fourth-order valence-corrected chi connectivity index (χ4v) is 2.76. The van der Waals surface area contributed by atoms with Gasteiger partial charge in [-0.05, 0) is 40.9 Å². The van der Waals surface area contributed by atoms with Crippen LogP contribution in [-0.2, 0) is 4.79 Å². The van der Waals surface area contributed by atoms with E-state index in [0.29, 0.717) is 16.6 Å². The van der Waals surface area contributed by atoms with E-state index in [1.54, 1.807) is 12.1 Å². The Morgan fingerprint density at radius 2 is 2.11 bits per heavy atom. The summed E-state index contributed by atoms with van der Waals surface area (Å²) in [4.78, 5) is 27.2. The van der Waals surface area contributed by atoms with Crippen molar-refractivity contribution >= 4 is 27.8 Å². The van der Waals surface area contributed by atoms with Crippen LogP contribution in [0.3, 0.4) is 0 Å². The number of carbonyl (C=O) groups is 2. The lowest BCUT2D eigenvalue weighted by molar-refractivity contribution is -0.143. The fraction of sp³-hybridized carbons (Fsp3) is 0.462. The van der Waals surface area contributed by atoms with Crippen molar-refractivity contribution in [3.8, 4) is 0 Å². The van der Waals surface area contributed by atoms with Crippen molar-refractivity contribution in [3.05, 3.63) is 28.5 Å². The predicted molar refractivity (Wildman–Crippen MR) is 72.8 cm³/mol. The van der Waals surface area contributed by atoms with Gasteiger partial charge in [0.15, 0.2) is 0 Å². The largest absolute Gasteiger partial charge is 0.481 e. The molecule has 1 saturated carbocycles. The molecule has 1 aliphatic carbocycles. The zero-order valence-electron chi connectivity index (χ0n) is 10.3. The summed E-state index contributed by atoms with van der Waals surface area (Å²) in [5, 5.41) is 12.0. The standard InChI is InChI=1S/C13H15BrN2O3/c14-11-7-8(5-6-15-11)12(17)16-10-4-2-1-3-9(10)13(18)19/h5-7,9-10H,1-4H2,(H,16,17)(H,18,19). The highest BCUT2D eigenvalue weighted by Crippen LogP contribution is 2.25. The van der Waals surface area contributed by atoms with Gasteiger partial charge in [-0.2, -0.15) is 0 Å². The molecule has 2 unspecified atom stereocenters. The molecule has 0 radical (unpaired) electrons. The van der Waals surface area contributed by atoms with Gasteiger partial charge < -0.3 is 10.4 Å². The zero-order chi connectivity index (χ0) is 13.8. The minimum absolute atomic E-state index is 0.249. The van der Waals surface area contributed by atoms with E-state index < -0.39 is 11.9 Å². The van der Waals surface area contributed by atoms with Crippen molar-refractivity contribution in [2.24, 2.45) is 5.92 Å². The second kappa shape index (κ2) is 6.14. The van der Waals surface area contributed by atoms with Gasteiger partial charge >= 0.3 is 5.97 Å². The molecule has 0 saturated heterocycles. The van der Waals surface area contributed by atoms with Crippen molar-refractivity contribution in [1.29, 1.82) is 0 Å². The SMILES string of the molecule is O=C(NC1CCCCC1C(=O)O)c1ccnc(Br)c1. The van der Waals surface area contributed by atoms with Crippen molar-refractivity contribution in [1.82, 2.24) is 10.3 Å². The maximum atomic E-state index is 12.1. The molecule has 5 nitrogen and oxygen atoms in total. The van der Waals surface area contributed by atoms with Gasteiger partial charge in [0.1, 0.15) is 4.60 Å². The van der Waals surface area contributed by atoms with Crippen LogP contribution in [0.2, 0.25) is 0 Å². The van der Waals surface area contributed by atoms with Crippen LogP contribution < -0.4 is 5.32 Å². The number of halogens is 1. The number of nitrogens with one attached hydrogen (secondary N) is 1. The van der Waals surface area contributed by atoms with E-state index in [9.17, 15) is 9.59 Å². The summed E-state index contributed by atoms with van der Waals surface area (Å²) >= 11 is 3.21. The normalized spacial score (nSPS) is 22.8. The fourth-order valence-electron chi connectivity index (χ4n) is 2.39. The minimum atomic E-state index is -0.832. The maximum Gasteiger partial charge on any atom is 0.308 e. The lowest BCUT2D eigenvalue weighted by Crippen LogP contribution is -2.45. The molecule has 6 heteroatoms. The maximum absolute atomic E-state index is 12.1. The Morgan fingerprint density at radius 1 is 1.37 bits per heavy atom. The second-order valence-electron chi connectivity index (χ2n) is 4.68. The van der Waals surface area contributed by atoms with Gasteiger partial charge in [0.25, 0.3) is 5.91 Å². The number of carboxylic acid groups (broad SMARTS) is 1. The number of aliphatic carboxylic acids is 1. The lowest BCUT2D eigenvalue weighted by atomic mass is 9.84. The van der Waals surface area contributed by atoms with E-state index >= 15 is 0 Å². The summed E-state index contributed by atoms with van der Waals surface area (Å²) in [6.45, 7) is 0. The average molecular weight is 327 g/mol. The molecule has 1 amide bonds. The van der Waals surface area contributed by atoms with Crippen LogP contribution in [0, 0.1) is 5.92 Å². The predicted octanol–water partition coefficient (Wildman–Crippen LogP) is 2.22. The molecule has 0 bridgehead atoms. The van der Waals surface area contributed by atoms with Crippen LogP contribution in [0.5, 0.6) is 0 Å². The molecule has 1 heterocycles. The van der Waals surface area contributed by atoms with Crippen LogP contribution in [0.1, 0.15) is 36.0 Å². The highest BCUT2D eigenvalue weighted by Gasteiger charge is 2.31. The summed E-state index contributed by atoms with van der Waals surface area (Å²) in [6, 6.07) is 2.94. The zero-order valence-corrected chi connectivity index (χ0v) is 11.9. The first-order valence-electron chi connectivity index (χ1n) is 6.23. The number of rotatable bonds is 3. The molecule has 1 fully saturated rings. The Bertz CT molecular complexity index is 493. The summed E-state index contributed by atoms with van der Waals surface area (Å²) in [5.74, 6) is -1.56. The Balaban J connectivity index is 2.07. The smallest absolute Gasteiger partial charge is 0.308 e. The molecule has 2 atom stereocenters. The first-order valence-corrected chi connectivity index (χ1v) is 7.02. The molecular weight excluding hydrogens is 312 g/mol. The summed E-state index contributed by atoms with van der Waals surface area (Å²) in [5.41, 5.74) is 0.483. The van der Waals surface area contributed by atoms with E-state index in [1.165, 1.54) is 6.20 Å². The number of pyridine rings is 1. The molecule has 0 spiro atoms. The Kier molecular flexibility index (Phi) is 4.52. The topological polar surface area (TPSA) is 79.3 Å². The monoisotopic (exact) mass is 326 g/mol. The van der Waals surface area contributed by atoms with E-state index in [1.807, 2.05) is 0 Å². The van der Waals surface area contributed by atoms with Crippen molar-refractivity contribution in [3.63, 3.8) is 0 Å². The van der Waals surface area contributed by atoms with Crippen LogP contribution in [0.4, 0.5) is 0 Å². The minimum Gasteiger partial charge on any atom is -0.481 e. The first-order chi connectivity index (χ1) is 9.08. The molecule has 1 aliphatic rings. The first kappa shape index (κ1) is 14.0. The molecular formula is C13H15BrN2O3. The van der Waals surface area contributed by atoms with Gasteiger partial charge in [-0.25, -0.2) is 4.98 Å². The highest BCUT2D eigenvalue weighted by molar-refractivity contribution is 9.10. The third-order valence-corrected chi connectivity index (χ3v) is 3.82. The van der Waals surface area contributed by atoms with E-state index in [-0.39, 0.29) is 11.9 Å². The summed E-state index contributed by atoms with van der Waals surface area (Å²) < 4.78 is 0.582. The average Bonchev–Trinajstić information content (AvgIpc) is 2.39. The van der Waals surface area contributed by atoms with Crippen LogP contribution in [-0.4, -0.2) is 28.0 Å². The van der Waals surface area contributed by atoms with Gasteiger partial charge in [-0.1, -0.05) is 12.8 Å². The number of aromatic nitrogens is 1. The van der Waals surface area contributed by atoms with Crippen molar-refractivity contribution < 1.29 is 14.7 Å². The quantitative estimate of drug-likeness (QED) is 0.835. The molecule has 102 valence electrons. The number of hydrogen-bond acceptors (Lipinski definition) is 3. The Labute approximate surface area is 119 Å². The van der Waals surface area contributed by atoms with Crippen LogP contribution >= 0.6 is 15.9 Å². The van der Waals surface area contributed by atoms with Crippen molar-refractivity contribution in [2.45, 2.75) is 31.7 Å². The van der Waals surface area contributed by atoms with Gasteiger partial charge in [-0.15, -0.1) is 0 Å². The number of carbonyl (C=O) groups excluding carboxylic acids is 1. The molecule has 1 aromatic rings. The van der Waals surface area contributed by atoms with Crippen LogP contribution in [0.15, 0.2) is 22.9 Å². The molecule has 0 aliphatic heterocycles.